The summed E-state index contributed by atoms with van der Waals surface area (Å²) >= 11 is 0. The predicted octanol–water partition coefficient (Wildman–Crippen LogP) is 1.78. The van der Waals surface area contributed by atoms with E-state index < -0.39 is 11.9 Å². The maximum atomic E-state index is 12.2. The van der Waals surface area contributed by atoms with Crippen molar-refractivity contribution in [2.45, 2.75) is 13.8 Å². The molecule has 124 valence electrons. The Morgan fingerprint density at radius 1 is 1.04 bits per heavy atom. The lowest BCUT2D eigenvalue weighted by molar-refractivity contribution is -0.114. The van der Waals surface area contributed by atoms with Crippen molar-refractivity contribution >= 4 is 29.2 Å². The Labute approximate surface area is 138 Å². The normalized spacial score (nSPS) is 9.96. The van der Waals surface area contributed by atoms with Crippen LogP contribution in [0, 0.1) is 6.92 Å². The van der Waals surface area contributed by atoms with Crippen LogP contribution in [0.5, 0.6) is 0 Å². The number of anilines is 2. The highest BCUT2D eigenvalue weighted by Crippen LogP contribution is 2.20. The quantitative estimate of drug-likeness (QED) is 0.828. The zero-order valence-corrected chi connectivity index (χ0v) is 13.4. The molecule has 0 saturated heterocycles. The van der Waals surface area contributed by atoms with E-state index in [4.69, 9.17) is 0 Å². The maximum Gasteiger partial charge on any atom is 0.358 e. The van der Waals surface area contributed by atoms with Crippen molar-refractivity contribution in [2.75, 3.05) is 17.7 Å². The second kappa shape index (κ2) is 7.32. The number of ether oxygens (including phenoxy) is 1. The van der Waals surface area contributed by atoms with E-state index in [2.05, 4.69) is 25.3 Å². The molecule has 2 amide bonds. The minimum Gasteiger partial charge on any atom is -0.464 e. The number of carbonyl (C=O) groups is 3. The van der Waals surface area contributed by atoms with E-state index in [0.29, 0.717) is 11.4 Å². The summed E-state index contributed by atoms with van der Waals surface area (Å²) in [4.78, 5) is 42.4. The predicted molar refractivity (Wildman–Crippen MR) is 86.8 cm³/mol. The number of nitrogens with one attached hydrogen (secondary N) is 2. The highest BCUT2D eigenvalue weighted by molar-refractivity contribution is 6.03. The Morgan fingerprint density at radius 3 is 2.29 bits per heavy atom. The fourth-order valence-electron chi connectivity index (χ4n) is 1.88. The number of benzene rings is 1. The maximum absolute atomic E-state index is 12.2. The van der Waals surface area contributed by atoms with Crippen molar-refractivity contribution in [1.82, 2.24) is 9.97 Å². The summed E-state index contributed by atoms with van der Waals surface area (Å²) in [7, 11) is 1.23. The largest absolute Gasteiger partial charge is 0.464 e. The first-order valence-corrected chi connectivity index (χ1v) is 7.00. The number of rotatable bonds is 4. The topological polar surface area (TPSA) is 110 Å². The molecule has 0 aliphatic rings. The Bertz CT molecular complexity index is 787. The summed E-state index contributed by atoms with van der Waals surface area (Å²) in [6.45, 7) is 3.22. The number of amides is 2. The molecule has 0 unspecified atom stereocenters. The van der Waals surface area contributed by atoms with Crippen LogP contribution >= 0.6 is 0 Å². The van der Waals surface area contributed by atoms with Crippen molar-refractivity contribution in [3.8, 4) is 0 Å². The lowest BCUT2D eigenvalue weighted by Crippen LogP contribution is -2.16. The number of carbonyl (C=O) groups excluding carboxylic acids is 3. The van der Waals surface area contributed by atoms with Crippen molar-refractivity contribution < 1.29 is 19.1 Å². The van der Waals surface area contributed by atoms with Gasteiger partial charge in [-0.2, -0.15) is 0 Å². The van der Waals surface area contributed by atoms with Crippen molar-refractivity contribution in [1.29, 1.82) is 0 Å². The molecule has 0 saturated carbocycles. The molecular formula is C16H16N4O4. The molecule has 24 heavy (non-hydrogen) atoms. The van der Waals surface area contributed by atoms with Crippen LogP contribution in [-0.2, 0) is 9.53 Å². The summed E-state index contributed by atoms with van der Waals surface area (Å²) in [6.07, 6.45) is 2.36. The first kappa shape index (κ1) is 17.1. The van der Waals surface area contributed by atoms with Gasteiger partial charge in [0.2, 0.25) is 5.91 Å². The van der Waals surface area contributed by atoms with Crippen LogP contribution in [-0.4, -0.2) is 34.9 Å². The number of methoxy groups -OCH3 is 1. The molecule has 0 atom stereocenters. The van der Waals surface area contributed by atoms with Gasteiger partial charge in [-0.25, -0.2) is 14.8 Å². The molecule has 0 radical (unpaired) electrons. The van der Waals surface area contributed by atoms with Crippen LogP contribution in [0.2, 0.25) is 0 Å². The van der Waals surface area contributed by atoms with Gasteiger partial charge in [-0.15, -0.1) is 0 Å². The first-order valence-electron chi connectivity index (χ1n) is 7.00. The van der Waals surface area contributed by atoms with E-state index in [1.165, 1.54) is 26.4 Å². The SMILES string of the molecule is COC(=O)c1cnc(C(=O)Nc2cc(NC(C)=O)ccc2C)cn1. The third kappa shape index (κ3) is 4.13. The monoisotopic (exact) mass is 328 g/mol. The number of hydrogen-bond donors (Lipinski definition) is 2. The van der Waals surface area contributed by atoms with E-state index in [0.717, 1.165) is 5.56 Å². The Hall–Kier alpha value is -3.29. The molecule has 2 aromatic rings. The summed E-state index contributed by atoms with van der Waals surface area (Å²) in [6, 6.07) is 5.15. The molecule has 2 rings (SSSR count). The first-order chi connectivity index (χ1) is 11.4. The summed E-state index contributed by atoms with van der Waals surface area (Å²) in [5.41, 5.74) is 1.97. The molecule has 1 aromatic heterocycles. The van der Waals surface area contributed by atoms with Gasteiger partial charge in [0.15, 0.2) is 5.69 Å². The molecule has 0 aliphatic heterocycles. The van der Waals surface area contributed by atoms with Crippen molar-refractivity contribution in [2.24, 2.45) is 0 Å². The molecule has 0 bridgehead atoms. The van der Waals surface area contributed by atoms with E-state index in [9.17, 15) is 14.4 Å². The molecule has 2 N–H and O–H groups in total. The lowest BCUT2D eigenvalue weighted by atomic mass is 10.1. The molecule has 8 nitrogen and oxygen atoms in total. The molecule has 8 heteroatoms. The zero-order chi connectivity index (χ0) is 17.7. The van der Waals surface area contributed by atoms with Gasteiger partial charge in [-0.3, -0.25) is 9.59 Å². The van der Waals surface area contributed by atoms with E-state index in [1.807, 2.05) is 6.92 Å². The third-order valence-electron chi connectivity index (χ3n) is 3.09. The number of esters is 1. The average Bonchev–Trinajstić information content (AvgIpc) is 2.56. The van der Waals surface area contributed by atoms with Crippen LogP contribution in [0.3, 0.4) is 0 Å². The smallest absolute Gasteiger partial charge is 0.358 e. The molecule has 0 fully saturated rings. The van der Waals surface area contributed by atoms with E-state index in [-0.39, 0.29) is 17.3 Å². The second-order valence-corrected chi connectivity index (χ2v) is 4.94. The number of nitrogens with zero attached hydrogens (tertiary/aromatic N) is 2. The van der Waals surface area contributed by atoms with Gasteiger partial charge in [-0.05, 0) is 24.6 Å². The highest BCUT2D eigenvalue weighted by Gasteiger charge is 2.13. The highest BCUT2D eigenvalue weighted by atomic mass is 16.5. The van der Waals surface area contributed by atoms with Crippen LogP contribution in [0.15, 0.2) is 30.6 Å². The molecule has 1 heterocycles. The van der Waals surface area contributed by atoms with Crippen LogP contribution in [0.25, 0.3) is 0 Å². The number of aryl methyl sites for hydroxylation is 1. The van der Waals surface area contributed by atoms with Gasteiger partial charge >= 0.3 is 5.97 Å². The zero-order valence-electron chi connectivity index (χ0n) is 13.4. The molecule has 0 spiro atoms. The molecule has 1 aromatic carbocycles. The van der Waals surface area contributed by atoms with Crippen LogP contribution < -0.4 is 10.6 Å². The Balaban J connectivity index is 2.17. The number of hydrogen-bond acceptors (Lipinski definition) is 6. The van der Waals surface area contributed by atoms with E-state index >= 15 is 0 Å². The van der Waals surface area contributed by atoms with Gasteiger partial charge in [0.1, 0.15) is 5.69 Å². The minimum absolute atomic E-state index is 0.0119. The molecule has 0 aliphatic carbocycles. The van der Waals surface area contributed by atoms with Gasteiger partial charge in [0.05, 0.1) is 19.5 Å². The van der Waals surface area contributed by atoms with Gasteiger partial charge < -0.3 is 15.4 Å². The Kier molecular flexibility index (Phi) is 5.20. The van der Waals surface area contributed by atoms with Crippen molar-refractivity contribution in [3.05, 3.63) is 47.5 Å². The minimum atomic E-state index is -0.631. The lowest BCUT2D eigenvalue weighted by Gasteiger charge is -2.10. The molecular weight excluding hydrogens is 312 g/mol. The van der Waals surface area contributed by atoms with Crippen LogP contribution in [0.1, 0.15) is 33.5 Å². The van der Waals surface area contributed by atoms with Crippen molar-refractivity contribution in [3.63, 3.8) is 0 Å². The van der Waals surface area contributed by atoms with Gasteiger partial charge in [0, 0.05) is 18.3 Å². The second-order valence-electron chi connectivity index (χ2n) is 4.94. The average molecular weight is 328 g/mol. The number of aromatic nitrogens is 2. The van der Waals surface area contributed by atoms with E-state index in [1.54, 1.807) is 18.2 Å². The van der Waals surface area contributed by atoms with Crippen LogP contribution in [0.4, 0.5) is 11.4 Å². The third-order valence-corrected chi connectivity index (χ3v) is 3.09. The van der Waals surface area contributed by atoms with Gasteiger partial charge in [-0.1, -0.05) is 6.07 Å². The van der Waals surface area contributed by atoms with Gasteiger partial charge in [0.25, 0.3) is 5.91 Å². The summed E-state index contributed by atoms with van der Waals surface area (Å²) < 4.78 is 4.52. The summed E-state index contributed by atoms with van der Waals surface area (Å²) in [5.74, 6) is -1.32. The standard InChI is InChI=1S/C16H16N4O4/c1-9-4-5-11(19-10(2)21)6-12(9)20-15(22)13-7-18-14(8-17-13)16(23)24-3/h4-8H,1-3H3,(H,19,21)(H,20,22). The summed E-state index contributed by atoms with van der Waals surface area (Å²) in [5, 5.41) is 5.34. The fraction of sp³-hybridized carbons (Fsp3) is 0.188. The fourth-order valence-corrected chi connectivity index (χ4v) is 1.88. The Morgan fingerprint density at radius 2 is 1.71 bits per heavy atom.